The van der Waals surface area contributed by atoms with Crippen molar-refractivity contribution in [2.45, 2.75) is 18.8 Å². The minimum atomic E-state index is -3.21. The third kappa shape index (κ3) is 2.85. The van der Waals surface area contributed by atoms with Crippen LogP contribution < -0.4 is 0 Å². The molecule has 0 N–H and O–H groups in total. The second-order valence-corrected chi connectivity index (χ2v) is 9.05. The third-order valence-corrected chi connectivity index (χ3v) is 6.41. The van der Waals surface area contributed by atoms with Crippen LogP contribution in [-0.2, 0) is 10.0 Å². The number of para-hydroxylation sites is 1. The highest BCUT2D eigenvalue weighted by molar-refractivity contribution is 7.88. The zero-order valence-corrected chi connectivity index (χ0v) is 16.1. The number of rotatable bonds is 3. The first-order chi connectivity index (χ1) is 13.5. The third-order valence-electron chi connectivity index (χ3n) is 5.14. The van der Waals surface area contributed by atoms with Crippen molar-refractivity contribution in [3.63, 3.8) is 0 Å². The van der Waals surface area contributed by atoms with Gasteiger partial charge in [-0.3, -0.25) is 0 Å². The number of benzene rings is 1. The second kappa shape index (κ2) is 6.35. The van der Waals surface area contributed by atoms with E-state index in [1.165, 1.54) is 10.6 Å². The van der Waals surface area contributed by atoms with Gasteiger partial charge >= 0.3 is 0 Å². The van der Waals surface area contributed by atoms with Gasteiger partial charge in [0.1, 0.15) is 6.33 Å². The van der Waals surface area contributed by atoms with Crippen LogP contribution >= 0.6 is 0 Å². The monoisotopic (exact) mass is 397 g/mol. The number of hydrogen-bond donors (Lipinski definition) is 0. The van der Waals surface area contributed by atoms with E-state index < -0.39 is 10.0 Å². The Labute approximate surface area is 161 Å². The predicted molar refractivity (Wildman–Crippen MR) is 104 cm³/mol. The summed E-state index contributed by atoms with van der Waals surface area (Å²) in [5.41, 5.74) is 2.31. The molecule has 0 amide bonds. The Balaban J connectivity index is 1.56. The van der Waals surface area contributed by atoms with Crippen molar-refractivity contribution in [1.29, 1.82) is 0 Å². The van der Waals surface area contributed by atoms with E-state index in [-0.39, 0.29) is 5.92 Å². The molecule has 4 heterocycles. The molecule has 1 aliphatic rings. The first-order valence-corrected chi connectivity index (χ1v) is 10.9. The van der Waals surface area contributed by atoms with Gasteiger partial charge in [0.05, 0.1) is 23.5 Å². The van der Waals surface area contributed by atoms with Crippen molar-refractivity contribution in [3.05, 3.63) is 48.7 Å². The van der Waals surface area contributed by atoms with E-state index in [0.717, 1.165) is 23.9 Å². The molecule has 1 fully saturated rings. The average molecular weight is 397 g/mol. The highest BCUT2D eigenvalue weighted by atomic mass is 32.2. The van der Waals surface area contributed by atoms with E-state index >= 15 is 0 Å². The van der Waals surface area contributed by atoms with Gasteiger partial charge in [0.15, 0.2) is 17.1 Å². The molecule has 144 valence electrons. The van der Waals surface area contributed by atoms with E-state index in [9.17, 15) is 8.42 Å². The molecule has 9 nitrogen and oxygen atoms in total. The highest BCUT2D eigenvalue weighted by Gasteiger charge is 2.29. The smallest absolute Gasteiger partial charge is 0.211 e. The molecule has 0 aliphatic carbocycles. The molecule has 3 aromatic heterocycles. The van der Waals surface area contributed by atoms with Crippen LogP contribution in [-0.4, -0.2) is 61.4 Å². The molecule has 1 atom stereocenters. The summed E-state index contributed by atoms with van der Waals surface area (Å²) in [6.45, 7) is 0.966. The molecule has 1 aliphatic heterocycles. The summed E-state index contributed by atoms with van der Waals surface area (Å²) in [4.78, 5) is 9.24. The number of fused-ring (bicyclic) bond motifs is 3. The molecular formula is C18H19N7O2S. The van der Waals surface area contributed by atoms with Crippen molar-refractivity contribution in [1.82, 2.24) is 33.7 Å². The van der Waals surface area contributed by atoms with E-state index in [1.807, 2.05) is 30.3 Å². The summed E-state index contributed by atoms with van der Waals surface area (Å²) >= 11 is 0. The van der Waals surface area contributed by atoms with Crippen LogP contribution in [0.25, 0.3) is 22.4 Å². The molecule has 10 heteroatoms. The normalized spacial score (nSPS) is 18.8. The van der Waals surface area contributed by atoms with E-state index in [4.69, 9.17) is 4.98 Å². The lowest BCUT2D eigenvalue weighted by atomic mass is 9.99. The molecule has 4 aromatic rings. The standard InChI is InChI=1S/C18H19N7O2S/c1-28(26,27)23-9-5-6-13(11-23)16-21-18-15-10-20-25(14-7-3-2-4-8-14)17(15)19-12-24(18)22-16/h2-4,7-8,10,12-13H,5-6,9,11H2,1H3/t13-/m0/s1. The zero-order chi connectivity index (χ0) is 19.3. The van der Waals surface area contributed by atoms with E-state index in [2.05, 4.69) is 15.2 Å². The van der Waals surface area contributed by atoms with Crippen molar-refractivity contribution in [2.75, 3.05) is 19.3 Å². The van der Waals surface area contributed by atoms with Crippen LogP contribution in [0.3, 0.4) is 0 Å². The van der Waals surface area contributed by atoms with Crippen molar-refractivity contribution in [2.24, 2.45) is 0 Å². The lowest BCUT2D eigenvalue weighted by Crippen LogP contribution is -2.38. The van der Waals surface area contributed by atoms with Crippen LogP contribution in [0.4, 0.5) is 0 Å². The minimum absolute atomic E-state index is 0.0254. The zero-order valence-electron chi connectivity index (χ0n) is 15.3. The molecular weight excluding hydrogens is 378 g/mol. The number of hydrogen-bond acceptors (Lipinski definition) is 6. The van der Waals surface area contributed by atoms with Crippen molar-refractivity contribution >= 4 is 26.7 Å². The molecule has 0 unspecified atom stereocenters. The Morgan fingerprint density at radius 3 is 2.75 bits per heavy atom. The largest absolute Gasteiger partial charge is 0.216 e. The SMILES string of the molecule is CS(=O)(=O)N1CCC[C@H](c2nc3c4cnn(-c5ccccc5)c4ncn3n2)C1. The van der Waals surface area contributed by atoms with Crippen molar-refractivity contribution < 1.29 is 8.42 Å². The predicted octanol–water partition coefficient (Wildman–Crippen LogP) is 1.60. The average Bonchev–Trinajstić information content (AvgIpc) is 3.32. The molecule has 0 spiro atoms. The molecule has 0 bridgehead atoms. The van der Waals surface area contributed by atoms with Gasteiger partial charge in [-0.2, -0.15) is 5.10 Å². The van der Waals surface area contributed by atoms with E-state index in [1.54, 1.807) is 21.7 Å². The number of sulfonamides is 1. The van der Waals surface area contributed by atoms with Crippen LogP contribution in [0, 0.1) is 0 Å². The van der Waals surface area contributed by atoms with Gasteiger partial charge in [0.25, 0.3) is 0 Å². The van der Waals surface area contributed by atoms with Gasteiger partial charge in [0, 0.05) is 19.0 Å². The summed E-state index contributed by atoms with van der Waals surface area (Å²) < 4.78 is 28.7. The fraction of sp³-hybridized carbons (Fsp3) is 0.333. The van der Waals surface area contributed by atoms with Gasteiger partial charge in [-0.15, -0.1) is 5.10 Å². The van der Waals surface area contributed by atoms with Crippen LogP contribution in [0.1, 0.15) is 24.6 Å². The van der Waals surface area contributed by atoms with Crippen LogP contribution in [0.2, 0.25) is 0 Å². The fourth-order valence-corrected chi connectivity index (χ4v) is 4.63. The van der Waals surface area contributed by atoms with Crippen LogP contribution in [0.15, 0.2) is 42.9 Å². The maximum absolute atomic E-state index is 11.9. The Morgan fingerprint density at radius 2 is 1.96 bits per heavy atom. The summed E-state index contributed by atoms with van der Waals surface area (Å²) in [5.74, 6) is 0.623. The maximum Gasteiger partial charge on any atom is 0.211 e. The first-order valence-electron chi connectivity index (χ1n) is 9.10. The van der Waals surface area contributed by atoms with Gasteiger partial charge in [-0.05, 0) is 25.0 Å². The molecule has 0 radical (unpaired) electrons. The summed E-state index contributed by atoms with van der Waals surface area (Å²) in [5, 5.41) is 9.84. The molecule has 0 saturated carbocycles. The Bertz CT molecular complexity index is 1260. The van der Waals surface area contributed by atoms with Gasteiger partial charge in [-0.1, -0.05) is 18.2 Å². The minimum Gasteiger partial charge on any atom is -0.216 e. The molecule has 5 rings (SSSR count). The first kappa shape index (κ1) is 17.3. The summed E-state index contributed by atoms with van der Waals surface area (Å²) in [7, 11) is -3.21. The Morgan fingerprint density at radius 1 is 1.14 bits per heavy atom. The maximum atomic E-state index is 11.9. The lowest BCUT2D eigenvalue weighted by Gasteiger charge is -2.29. The second-order valence-electron chi connectivity index (χ2n) is 7.07. The topological polar surface area (TPSA) is 98.3 Å². The quantitative estimate of drug-likeness (QED) is 0.521. The molecule has 28 heavy (non-hydrogen) atoms. The molecule has 1 saturated heterocycles. The Kier molecular flexibility index (Phi) is 3.91. The summed E-state index contributed by atoms with van der Waals surface area (Å²) in [6.07, 6.45) is 6.28. The van der Waals surface area contributed by atoms with Crippen molar-refractivity contribution in [3.8, 4) is 5.69 Å². The lowest BCUT2D eigenvalue weighted by molar-refractivity contribution is 0.311. The number of aromatic nitrogens is 6. The van der Waals surface area contributed by atoms with E-state index in [0.29, 0.717) is 30.2 Å². The molecule has 1 aromatic carbocycles. The number of piperidine rings is 1. The summed E-state index contributed by atoms with van der Waals surface area (Å²) in [6, 6.07) is 9.79. The van der Waals surface area contributed by atoms with Gasteiger partial charge in [0.2, 0.25) is 10.0 Å². The van der Waals surface area contributed by atoms with Crippen LogP contribution in [0.5, 0.6) is 0 Å². The van der Waals surface area contributed by atoms with Gasteiger partial charge in [-0.25, -0.2) is 31.9 Å². The Hall–Kier alpha value is -2.85. The highest BCUT2D eigenvalue weighted by Crippen LogP contribution is 2.27. The fourth-order valence-electron chi connectivity index (χ4n) is 3.72. The number of nitrogens with zero attached hydrogens (tertiary/aromatic N) is 7. The van der Waals surface area contributed by atoms with Gasteiger partial charge < -0.3 is 0 Å².